The van der Waals surface area contributed by atoms with E-state index in [2.05, 4.69) is 15.2 Å². The van der Waals surface area contributed by atoms with Gasteiger partial charge >= 0.3 is 0 Å². The zero-order valence-corrected chi connectivity index (χ0v) is 13.7. The quantitative estimate of drug-likeness (QED) is 0.913. The van der Waals surface area contributed by atoms with Gasteiger partial charge in [-0.1, -0.05) is 6.07 Å². The van der Waals surface area contributed by atoms with E-state index in [1.807, 2.05) is 18.2 Å². The number of amides is 1. The number of piperidine rings is 1. The second-order valence-corrected chi connectivity index (χ2v) is 6.22. The third-order valence-electron chi connectivity index (χ3n) is 4.60. The molecule has 2 fully saturated rings. The van der Waals surface area contributed by atoms with Gasteiger partial charge in [0.05, 0.1) is 13.0 Å². The molecule has 1 unspecified atom stereocenters. The molecule has 1 amide bonds. The fourth-order valence-electron chi connectivity index (χ4n) is 3.25. The lowest BCUT2D eigenvalue weighted by atomic mass is 9.96. The standard InChI is InChI=1S/C17H25N3O3/c1-22-16-6-2-5-15(19-16)20-9-3-4-13(12-20)17(21)18-14-7-10-23-11-8-14/h2,5-6,13-14H,3-4,7-12H2,1H3,(H,18,21). The van der Waals surface area contributed by atoms with Gasteiger partial charge in [-0.15, -0.1) is 0 Å². The molecule has 6 heteroatoms. The number of methoxy groups -OCH3 is 1. The Bertz CT molecular complexity index is 532. The lowest BCUT2D eigenvalue weighted by Gasteiger charge is -2.34. The van der Waals surface area contributed by atoms with Crippen molar-refractivity contribution in [3.05, 3.63) is 18.2 Å². The maximum Gasteiger partial charge on any atom is 0.225 e. The first-order valence-corrected chi connectivity index (χ1v) is 8.40. The van der Waals surface area contributed by atoms with Crippen LogP contribution in [-0.2, 0) is 9.53 Å². The molecule has 23 heavy (non-hydrogen) atoms. The fourth-order valence-corrected chi connectivity index (χ4v) is 3.25. The molecule has 2 saturated heterocycles. The number of nitrogens with one attached hydrogen (secondary N) is 1. The summed E-state index contributed by atoms with van der Waals surface area (Å²) in [6.07, 6.45) is 3.78. The monoisotopic (exact) mass is 319 g/mol. The Morgan fingerprint density at radius 2 is 2.17 bits per heavy atom. The second kappa shape index (κ2) is 7.64. The number of pyridine rings is 1. The number of aromatic nitrogens is 1. The van der Waals surface area contributed by atoms with Gasteiger partial charge < -0.3 is 19.7 Å². The van der Waals surface area contributed by atoms with Gasteiger partial charge in [-0.2, -0.15) is 4.98 Å². The van der Waals surface area contributed by atoms with Crippen LogP contribution < -0.4 is 15.0 Å². The van der Waals surface area contributed by atoms with Gasteiger partial charge in [0.2, 0.25) is 11.8 Å². The Kier molecular flexibility index (Phi) is 5.33. The summed E-state index contributed by atoms with van der Waals surface area (Å²) >= 11 is 0. The first kappa shape index (κ1) is 16.1. The zero-order chi connectivity index (χ0) is 16.1. The summed E-state index contributed by atoms with van der Waals surface area (Å²) in [6.45, 7) is 3.14. The van der Waals surface area contributed by atoms with Gasteiger partial charge in [-0.25, -0.2) is 0 Å². The van der Waals surface area contributed by atoms with Crippen LogP contribution in [0.4, 0.5) is 5.82 Å². The van der Waals surface area contributed by atoms with E-state index in [0.717, 1.165) is 57.8 Å². The highest BCUT2D eigenvalue weighted by molar-refractivity contribution is 5.79. The van der Waals surface area contributed by atoms with E-state index in [1.165, 1.54) is 0 Å². The van der Waals surface area contributed by atoms with Gasteiger partial charge in [-0.3, -0.25) is 4.79 Å². The summed E-state index contributed by atoms with van der Waals surface area (Å²) in [5.41, 5.74) is 0. The molecule has 1 atom stereocenters. The van der Waals surface area contributed by atoms with Crippen LogP contribution in [0.5, 0.6) is 5.88 Å². The smallest absolute Gasteiger partial charge is 0.225 e. The molecule has 0 bridgehead atoms. The van der Waals surface area contributed by atoms with E-state index < -0.39 is 0 Å². The van der Waals surface area contributed by atoms with Gasteiger partial charge in [0.1, 0.15) is 5.82 Å². The van der Waals surface area contributed by atoms with Crippen LogP contribution in [0.1, 0.15) is 25.7 Å². The van der Waals surface area contributed by atoms with Crippen LogP contribution in [0.2, 0.25) is 0 Å². The predicted octanol–water partition coefficient (Wildman–Crippen LogP) is 1.60. The average Bonchev–Trinajstić information content (AvgIpc) is 2.63. The highest BCUT2D eigenvalue weighted by atomic mass is 16.5. The molecule has 0 spiro atoms. The van der Waals surface area contributed by atoms with E-state index in [-0.39, 0.29) is 17.9 Å². The van der Waals surface area contributed by atoms with Crippen molar-refractivity contribution in [1.82, 2.24) is 10.3 Å². The van der Waals surface area contributed by atoms with Crippen LogP contribution in [0.3, 0.4) is 0 Å². The van der Waals surface area contributed by atoms with E-state index in [9.17, 15) is 4.79 Å². The molecule has 1 aromatic heterocycles. The minimum Gasteiger partial charge on any atom is -0.481 e. The highest BCUT2D eigenvalue weighted by Crippen LogP contribution is 2.23. The Morgan fingerprint density at radius 1 is 1.35 bits per heavy atom. The minimum atomic E-state index is 0.0274. The molecule has 3 heterocycles. The molecule has 6 nitrogen and oxygen atoms in total. The van der Waals surface area contributed by atoms with Crippen molar-refractivity contribution < 1.29 is 14.3 Å². The minimum absolute atomic E-state index is 0.0274. The van der Waals surface area contributed by atoms with Crippen molar-refractivity contribution in [1.29, 1.82) is 0 Å². The first-order chi connectivity index (χ1) is 11.3. The maximum atomic E-state index is 12.5. The summed E-state index contributed by atoms with van der Waals surface area (Å²) in [5, 5.41) is 3.19. The van der Waals surface area contributed by atoms with Crippen molar-refractivity contribution in [3.63, 3.8) is 0 Å². The second-order valence-electron chi connectivity index (χ2n) is 6.22. The summed E-state index contributed by atoms with van der Waals surface area (Å²) in [7, 11) is 1.62. The van der Waals surface area contributed by atoms with Crippen molar-refractivity contribution in [2.24, 2.45) is 5.92 Å². The van der Waals surface area contributed by atoms with Gasteiger partial charge in [0.25, 0.3) is 0 Å². The molecule has 2 aliphatic heterocycles. The lowest BCUT2D eigenvalue weighted by Crippen LogP contribution is -2.47. The number of carbonyl (C=O) groups is 1. The molecule has 0 aromatic carbocycles. The Balaban J connectivity index is 1.59. The number of carbonyl (C=O) groups excluding carboxylic acids is 1. The number of hydrogen-bond donors (Lipinski definition) is 1. The van der Waals surface area contributed by atoms with Crippen LogP contribution in [0.15, 0.2) is 18.2 Å². The lowest BCUT2D eigenvalue weighted by molar-refractivity contribution is -0.126. The summed E-state index contributed by atoms with van der Waals surface area (Å²) in [6, 6.07) is 6.01. The van der Waals surface area contributed by atoms with Gasteiger partial charge in [-0.05, 0) is 31.7 Å². The third-order valence-corrected chi connectivity index (χ3v) is 4.60. The summed E-state index contributed by atoms with van der Waals surface area (Å²) in [4.78, 5) is 19.2. The van der Waals surface area contributed by atoms with Crippen molar-refractivity contribution in [2.45, 2.75) is 31.7 Å². The molecule has 1 aromatic rings. The molecule has 0 saturated carbocycles. The number of hydrogen-bond acceptors (Lipinski definition) is 5. The number of ether oxygens (including phenoxy) is 2. The number of nitrogens with zero attached hydrogens (tertiary/aromatic N) is 2. The van der Waals surface area contributed by atoms with E-state index in [1.54, 1.807) is 7.11 Å². The van der Waals surface area contributed by atoms with Gasteiger partial charge in [0, 0.05) is 38.4 Å². The molecule has 2 aliphatic rings. The highest BCUT2D eigenvalue weighted by Gasteiger charge is 2.28. The van der Waals surface area contributed by atoms with Crippen LogP contribution in [0.25, 0.3) is 0 Å². The Labute approximate surface area is 137 Å². The predicted molar refractivity (Wildman–Crippen MR) is 87.7 cm³/mol. The maximum absolute atomic E-state index is 12.5. The molecular weight excluding hydrogens is 294 g/mol. The summed E-state index contributed by atoms with van der Waals surface area (Å²) < 4.78 is 10.5. The van der Waals surface area contributed by atoms with Crippen molar-refractivity contribution >= 4 is 11.7 Å². The molecule has 1 N–H and O–H groups in total. The van der Waals surface area contributed by atoms with Crippen LogP contribution >= 0.6 is 0 Å². The average molecular weight is 319 g/mol. The Hall–Kier alpha value is -1.82. The number of rotatable bonds is 4. The Morgan fingerprint density at radius 3 is 2.96 bits per heavy atom. The first-order valence-electron chi connectivity index (χ1n) is 8.40. The molecular formula is C17H25N3O3. The summed E-state index contributed by atoms with van der Waals surface area (Å²) in [5.74, 6) is 1.69. The van der Waals surface area contributed by atoms with Gasteiger partial charge in [0.15, 0.2) is 0 Å². The van der Waals surface area contributed by atoms with E-state index >= 15 is 0 Å². The van der Waals surface area contributed by atoms with Crippen LogP contribution in [-0.4, -0.2) is 50.3 Å². The van der Waals surface area contributed by atoms with Crippen molar-refractivity contribution in [3.8, 4) is 5.88 Å². The molecule has 126 valence electrons. The fraction of sp³-hybridized carbons (Fsp3) is 0.647. The zero-order valence-electron chi connectivity index (χ0n) is 13.7. The van der Waals surface area contributed by atoms with E-state index in [0.29, 0.717) is 5.88 Å². The van der Waals surface area contributed by atoms with E-state index in [4.69, 9.17) is 9.47 Å². The van der Waals surface area contributed by atoms with Crippen LogP contribution in [0, 0.1) is 5.92 Å². The topological polar surface area (TPSA) is 63.7 Å². The number of anilines is 1. The van der Waals surface area contributed by atoms with Crippen molar-refractivity contribution in [2.75, 3.05) is 38.3 Å². The molecule has 3 rings (SSSR count). The largest absolute Gasteiger partial charge is 0.481 e. The molecule has 0 aliphatic carbocycles. The normalized spacial score (nSPS) is 22.7. The molecule has 0 radical (unpaired) electrons. The third kappa shape index (κ3) is 4.13. The SMILES string of the molecule is COc1cccc(N2CCCC(C(=O)NC3CCOCC3)C2)n1.